The first kappa shape index (κ1) is 43.1. The summed E-state index contributed by atoms with van der Waals surface area (Å²) in [5, 5.41) is 2.55. The summed E-state index contributed by atoms with van der Waals surface area (Å²) in [5.74, 6) is 0. The standard InChI is InChI=1S/C74H47NS/c1-3-20-48(21-4-1)50-24-17-26-52(44-50)73(53-27-18-25-51(45-53)49-22-5-2-6-23-49)63-33-12-7-30-58(63)59-42-40-55(47-68(59)73)75(54-41-43-71-62(46-54)60-31-11-16-39-70(60)76-71)69-38-19-37-67-72(69)61-32-10-15-36-66(61)74(67)64-34-13-8-28-56(64)57-29-9-14-35-65(57)74/h1-47H. The van der Waals surface area contributed by atoms with Gasteiger partial charge in [-0.15, -0.1) is 11.3 Å². The highest BCUT2D eigenvalue weighted by Crippen LogP contribution is 2.65. The molecule has 0 aliphatic heterocycles. The largest absolute Gasteiger partial charge is 0.310 e. The van der Waals surface area contributed by atoms with Gasteiger partial charge in [0.15, 0.2) is 0 Å². The van der Waals surface area contributed by atoms with Crippen LogP contribution in [0.2, 0.25) is 0 Å². The Hall–Kier alpha value is -9.34. The summed E-state index contributed by atoms with van der Waals surface area (Å²) in [4.78, 5) is 2.59. The van der Waals surface area contributed by atoms with Crippen LogP contribution < -0.4 is 4.90 Å². The van der Waals surface area contributed by atoms with Crippen molar-refractivity contribution >= 4 is 48.6 Å². The molecule has 13 aromatic rings. The van der Waals surface area contributed by atoms with Gasteiger partial charge < -0.3 is 4.90 Å². The zero-order valence-corrected chi connectivity index (χ0v) is 42.3. The van der Waals surface area contributed by atoms with Crippen molar-refractivity contribution in [2.75, 3.05) is 4.90 Å². The van der Waals surface area contributed by atoms with Gasteiger partial charge in [0.1, 0.15) is 0 Å². The fourth-order valence-electron chi connectivity index (χ4n) is 13.9. The Balaban J connectivity index is 1.00. The Bertz CT molecular complexity index is 4360. The number of thiophene rings is 1. The minimum absolute atomic E-state index is 0.490. The minimum atomic E-state index is -0.691. The number of anilines is 3. The molecular formula is C74H47NS. The van der Waals surface area contributed by atoms with E-state index in [-0.39, 0.29) is 0 Å². The number of rotatable bonds is 7. The summed E-state index contributed by atoms with van der Waals surface area (Å²) in [6, 6.07) is 107. The molecule has 0 amide bonds. The first-order valence-electron chi connectivity index (χ1n) is 26.4. The molecule has 0 saturated carbocycles. The molecule has 0 fully saturated rings. The van der Waals surface area contributed by atoms with Gasteiger partial charge in [0.05, 0.1) is 16.5 Å². The van der Waals surface area contributed by atoms with E-state index in [9.17, 15) is 0 Å². The Labute approximate surface area is 446 Å². The van der Waals surface area contributed by atoms with Crippen LogP contribution in [-0.2, 0) is 10.8 Å². The molecule has 0 radical (unpaired) electrons. The lowest BCUT2D eigenvalue weighted by molar-refractivity contribution is 0.769. The maximum absolute atomic E-state index is 2.59. The van der Waals surface area contributed by atoms with Crippen LogP contribution in [0.15, 0.2) is 285 Å². The Morgan fingerprint density at radius 3 is 1.34 bits per heavy atom. The molecule has 3 aliphatic carbocycles. The van der Waals surface area contributed by atoms with Crippen LogP contribution in [0.4, 0.5) is 17.1 Å². The van der Waals surface area contributed by atoms with Gasteiger partial charge in [0.25, 0.3) is 0 Å². The van der Waals surface area contributed by atoms with E-state index in [1.54, 1.807) is 0 Å². The van der Waals surface area contributed by atoms with Crippen LogP contribution in [0.5, 0.6) is 0 Å². The molecule has 3 aliphatic rings. The second kappa shape index (κ2) is 16.6. The molecule has 76 heavy (non-hydrogen) atoms. The van der Waals surface area contributed by atoms with E-state index in [4.69, 9.17) is 0 Å². The Kier molecular flexibility index (Phi) is 9.40. The highest BCUT2D eigenvalue weighted by Gasteiger charge is 2.53. The molecule has 1 heterocycles. The smallest absolute Gasteiger partial charge is 0.0726 e. The second-order valence-corrected chi connectivity index (χ2v) is 21.7. The second-order valence-electron chi connectivity index (χ2n) is 20.6. The number of nitrogens with zero attached hydrogens (tertiary/aromatic N) is 1. The summed E-state index contributed by atoms with van der Waals surface area (Å²) in [6.07, 6.45) is 0. The summed E-state index contributed by atoms with van der Waals surface area (Å²) in [5.41, 5.74) is 25.0. The van der Waals surface area contributed by atoms with Crippen molar-refractivity contribution < 1.29 is 0 Å². The molecule has 12 aromatic carbocycles. The first-order valence-corrected chi connectivity index (χ1v) is 27.2. The normalized spacial score (nSPS) is 13.7. The molecule has 2 heteroatoms. The van der Waals surface area contributed by atoms with Crippen molar-refractivity contribution in [1.29, 1.82) is 0 Å². The Morgan fingerprint density at radius 1 is 0.263 bits per heavy atom. The molecule has 1 nitrogen and oxygen atoms in total. The van der Waals surface area contributed by atoms with E-state index in [1.165, 1.54) is 120 Å². The van der Waals surface area contributed by atoms with Crippen molar-refractivity contribution in [3.8, 4) is 55.6 Å². The minimum Gasteiger partial charge on any atom is -0.310 e. The van der Waals surface area contributed by atoms with Gasteiger partial charge in [0, 0.05) is 37.1 Å². The number of fused-ring (bicyclic) bond motifs is 16. The lowest BCUT2D eigenvalue weighted by Gasteiger charge is -2.36. The van der Waals surface area contributed by atoms with Gasteiger partial charge in [-0.2, -0.15) is 0 Å². The van der Waals surface area contributed by atoms with Gasteiger partial charge in [-0.1, -0.05) is 231 Å². The SMILES string of the molecule is c1ccc(-c2cccc(C3(c4cccc(-c5ccccc5)c4)c4ccccc4-c4ccc(N(c5ccc6sc7ccccc7c6c5)c5cccc6c5-c5ccccc5C65c6ccccc6-c6ccccc65)cc43)c2)cc1. The third-order valence-corrected chi connectivity index (χ3v) is 18.1. The maximum atomic E-state index is 2.59. The van der Waals surface area contributed by atoms with Gasteiger partial charge in [0.2, 0.25) is 0 Å². The number of hydrogen-bond acceptors (Lipinski definition) is 2. The molecule has 0 saturated heterocycles. The first-order chi connectivity index (χ1) is 37.7. The number of hydrogen-bond donors (Lipinski definition) is 0. The van der Waals surface area contributed by atoms with Crippen LogP contribution in [0.3, 0.4) is 0 Å². The van der Waals surface area contributed by atoms with Gasteiger partial charge in [-0.3, -0.25) is 0 Å². The quantitative estimate of drug-likeness (QED) is 0.154. The molecule has 1 aromatic heterocycles. The van der Waals surface area contributed by atoms with Crippen molar-refractivity contribution in [2.24, 2.45) is 0 Å². The average Bonchev–Trinajstić information content (AvgIpc) is 4.25. The van der Waals surface area contributed by atoms with E-state index in [2.05, 4.69) is 290 Å². The summed E-state index contributed by atoms with van der Waals surface area (Å²) in [6.45, 7) is 0. The van der Waals surface area contributed by atoms with Crippen LogP contribution in [-0.4, -0.2) is 0 Å². The van der Waals surface area contributed by atoms with Crippen molar-refractivity contribution in [1.82, 2.24) is 0 Å². The molecule has 0 N–H and O–H groups in total. The highest BCUT2D eigenvalue weighted by atomic mass is 32.1. The molecule has 0 bridgehead atoms. The van der Waals surface area contributed by atoms with Gasteiger partial charge in [-0.25, -0.2) is 0 Å². The van der Waals surface area contributed by atoms with Gasteiger partial charge >= 0.3 is 0 Å². The topological polar surface area (TPSA) is 3.24 Å². The molecule has 16 rings (SSSR count). The van der Waals surface area contributed by atoms with Gasteiger partial charge in [-0.05, 0) is 149 Å². The van der Waals surface area contributed by atoms with Crippen LogP contribution in [0.1, 0.15) is 44.5 Å². The highest BCUT2D eigenvalue weighted by molar-refractivity contribution is 7.25. The number of benzene rings is 12. The van der Waals surface area contributed by atoms with E-state index < -0.39 is 10.8 Å². The van der Waals surface area contributed by atoms with Crippen LogP contribution >= 0.6 is 11.3 Å². The summed E-state index contributed by atoms with van der Waals surface area (Å²) in [7, 11) is 0. The van der Waals surface area contributed by atoms with Crippen LogP contribution in [0.25, 0.3) is 75.8 Å². The molecular weight excluding hydrogens is 935 g/mol. The van der Waals surface area contributed by atoms with E-state index in [0.29, 0.717) is 0 Å². The third kappa shape index (κ3) is 5.96. The van der Waals surface area contributed by atoms with Crippen molar-refractivity contribution in [3.63, 3.8) is 0 Å². The molecule has 1 spiro atoms. The van der Waals surface area contributed by atoms with Crippen LogP contribution in [0, 0.1) is 0 Å². The average molecular weight is 982 g/mol. The predicted octanol–water partition coefficient (Wildman–Crippen LogP) is 19.6. The summed E-state index contributed by atoms with van der Waals surface area (Å²) >= 11 is 1.87. The fourth-order valence-corrected chi connectivity index (χ4v) is 15.0. The third-order valence-electron chi connectivity index (χ3n) is 17.0. The van der Waals surface area contributed by atoms with E-state index in [1.807, 2.05) is 11.3 Å². The molecule has 354 valence electrons. The predicted molar refractivity (Wildman–Crippen MR) is 318 cm³/mol. The lowest BCUT2D eigenvalue weighted by Crippen LogP contribution is -2.29. The van der Waals surface area contributed by atoms with Crippen molar-refractivity contribution in [2.45, 2.75) is 10.8 Å². The lowest BCUT2D eigenvalue weighted by atomic mass is 9.67. The maximum Gasteiger partial charge on any atom is 0.0726 e. The zero-order chi connectivity index (χ0) is 50.0. The zero-order valence-electron chi connectivity index (χ0n) is 41.5. The monoisotopic (exact) mass is 981 g/mol. The van der Waals surface area contributed by atoms with E-state index in [0.717, 1.165) is 17.1 Å². The fraction of sp³-hybridized carbons (Fsp3) is 0.0270. The van der Waals surface area contributed by atoms with E-state index >= 15 is 0 Å². The Morgan fingerprint density at radius 2 is 0.711 bits per heavy atom. The van der Waals surface area contributed by atoms with Crippen molar-refractivity contribution in [3.05, 3.63) is 330 Å². The summed E-state index contributed by atoms with van der Waals surface area (Å²) < 4.78 is 2.58. The molecule has 0 unspecified atom stereocenters. The molecule has 0 atom stereocenters.